The summed E-state index contributed by atoms with van der Waals surface area (Å²) in [5.41, 5.74) is 17.4. The number of benzene rings is 9. The lowest BCUT2D eigenvalue weighted by Gasteiger charge is -2.27. The number of hydrogen-bond acceptors (Lipinski definition) is 3. The second-order valence-electron chi connectivity index (χ2n) is 16.4. The van der Waals surface area contributed by atoms with Crippen LogP contribution in [0.2, 0.25) is 0 Å². The second kappa shape index (κ2) is 13.4. The Kier molecular flexibility index (Phi) is 7.79. The topological polar surface area (TPSA) is 16.4 Å². The molecule has 11 aromatic rings. The first kappa shape index (κ1) is 34.8. The fourth-order valence-electron chi connectivity index (χ4n) is 9.77. The van der Waals surface area contributed by atoms with E-state index in [4.69, 9.17) is 4.42 Å². The maximum Gasteiger partial charge on any atom is 0.136 e. The van der Waals surface area contributed by atoms with Gasteiger partial charge in [0, 0.05) is 59.0 Å². The van der Waals surface area contributed by atoms with Gasteiger partial charge in [0.15, 0.2) is 0 Å². The van der Waals surface area contributed by atoms with Gasteiger partial charge in [-0.3, -0.25) is 0 Å². The zero-order chi connectivity index (χ0) is 40.0. The molecule has 3 heteroatoms. The van der Waals surface area contributed by atoms with Crippen molar-refractivity contribution in [3.8, 4) is 44.5 Å². The molecule has 284 valence electrons. The Morgan fingerprint density at radius 3 is 1.77 bits per heavy atom. The van der Waals surface area contributed by atoms with Crippen molar-refractivity contribution in [3.05, 3.63) is 211 Å². The van der Waals surface area contributed by atoms with Crippen LogP contribution in [0.3, 0.4) is 0 Å². The summed E-state index contributed by atoms with van der Waals surface area (Å²) in [6.07, 6.45) is 0. The van der Waals surface area contributed by atoms with Crippen molar-refractivity contribution < 1.29 is 4.42 Å². The number of rotatable bonds is 6. The van der Waals surface area contributed by atoms with Crippen molar-refractivity contribution in [1.29, 1.82) is 0 Å². The van der Waals surface area contributed by atoms with Crippen LogP contribution in [0.15, 0.2) is 205 Å². The summed E-state index contributed by atoms with van der Waals surface area (Å²) in [4.78, 5) is 2.41. The van der Waals surface area contributed by atoms with E-state index in [9.17, 15) is 0 Å². The van der Waals surface area contributed by atoms with Crippen molar-refractivity contribution in [2.24, 2.45) is 0 Å². The highest BCUT2D eigenvalue weighted by atomic mass is 32.1. The molecule has 2 heterocycles. The van der Waals surface area contributed by atoms with E-state index in [1.807, 2.05) is 11.3 Å². The van der Waals surface area contributed by atoms with Crippen LogP contribution in [0.5, 0.6) is 0 Å². The van der Waals surface area contributed by atoms with E-state index in [0.717, 1.165) is 33.6 Å². The third-order valence-corrected chi connectivity index (χ3v) is 13.9. The number of nitrogens with zero attached hydrogens (tertiary/aromatic N) is 1. The summed E-state index contributed by atoms with van der Waals surface area (Å²) >= 11 is 1.88. The molecular formula is C57H39NOS. The fourth-order valence-corrected chi connectivity index (χ4v) is 11.0. The van der Waals surface area contributed by atoms with Crippen molar-refractivity contribution in [1.82, 2.24) is 0 Å². The Hall–Kier alpha value is -7.20. The summed E-state index contributed by atoms with van der Waals surface area (Å²) < 4.78 is 9.27. The molecule has 0 radical (unpaired) electrons. The molecule has 0 atom stereocenters. The van der Waals surface area contributed by atoms with Gasteiger partial charge >= 0.3 is 0 Å². The number of para-hydroxylation sites is 1. The van der Waals surface area contributed by atoms with Gasteiger partial charge in [-0.25, -0.2) is 0 Å². The predicted octanol–water partition coefficient (Wildman–Crippen LogP) is 16.7. The number of hydrogen-bond donors (Lipinski definition) is 0. The highest BCUT2D eigenvalue weighted by molar-refractivity contribution is 7.26. The molecule has 0 spiro atoms. The van der Waals surface area contributed by atoms with Crippen molar-refractivity contribution in [2.45, 2.75) is 19.3 Å². The van der Waals surface area contributed by atoms with E-state index in [1.165, 1.54) is 81.2 Å². The molecule has 9 aromatic carbocycles. The normalized spacial score (nSPS) is 13.0. The summed E-state index contributed by atoms with van der Waals surface area (Å²) in [5, 5.41) is 4.94. The van der Waals surface area contributed by atoms with Crippen LogP contribution in [0.1, 0.15) is 25.0 Å². The predicted molar refractivity (Wildman–Crippen MR) is 255 cm³/mol. The monoisotopic (exact) mass is 785 g/mol. The van der Waals surface area contributed by atoms with Gasteiger partial charge in [-0.05, 0) is 105 Å². The Bertz CT molecular complexity index is 3430. The van der Waals surface area contributed by atoms with E-state index in [1.54, 1.807) is 0 Å². The van der Waals surface area contributed by atoms with Crippen LogP contribution >= 0.6 is 11.3 Å². The highest BCUT2D eigenvalue weighted by Crippen LogP contribution is 2.57. The summed E-state index contributed by atoms with van der Waals surface area (Å²) in [7, 11) is 0. The van der Waals surface area contributed by atoms with Crippen LogP contribution in [-0.2, 0) is 5.41 Å². The van der Waals surface area contributed by atoms with Crippen molar-refractivity contribution in [3.63, 3.8) is 0 Å². The van der Waals surface area contributed by atoms with Gasteiger partial charge in [0.2, 0.25) is 0 Å². The number of anilines is 3. The molecule has 0 bridgehead atoms. The summed E-state index contributed by atoms with van der Waals surface area (Å²) in [6.45, 7) is 4.72. The first-order valence-electron chi connectivity index (χ1n) is 20.7. The average molecular weight is 786 g/mol. The Labute approximate surface area is 353 Å². The SMILES string of the molecule is CC1(C)c2ccc(N(c3ccc(-c4ccccc4)cc3)c3ccc(-c4cccc5c4sc4ccccc45)cc3)cc2-c2c1cc1oc3ccccc3c1c2-c1ccccc1. The molecule has 0 N–H and O–H groups in total. The standard InChI is InChI=1S/C57H39NOS/c1-57(2)48-33-32-42(34-47(48)54-49(57)35-51-55(46-19-9-11-22-50(46)59-51)53(54)39-16-7-4-8-17-39)58(40-28-24-37(25-29-40)36-14-5-3-6-15-36)41-30-26-38(27-31-41)43-20-13-21-45-44-18-10-12-23-52(44)60-56(43)45/h3-35H,1-2H3. The number of furan rings is 1. The molecular weight excluding hydrogens is 747 g/mol. The van der Waals surface area contributed by atoms with E-state index in [2.05, 4.69) is 219 Å². The molecule has 0 amide bonds. The van der Waals surface area contributed by atoms with Crippen LogP contribution in [0.25, 0.3) is 86.6 Å². The largest absolute Gasteiger partial charge is 0.456 e. The van der Waals surface area contributed by atoms with E-state index < -0.39 is 0 Å². The zero-order valence-electron chi connectivity index (χ0n) is 33.3. The van der Waals surface area contributed by atoms with E-state index in [0.29, 0.717) is 0 Å². The van der Waals surface area contributed by atoms with Crippen LogP contribution in [0.4, 0.5) is 17.1 Å². The first-order chi connectivity index (χ1) is 29.5. The molecule has 2 nitrogen and oxygen atoms in total. The minimum absolute atomic E-state index is 0.239. The number of fused-ring (bicyclic) bond motifs is 9. The molecule has 0 fully saturated rings. The van der Waals surface area contributed by atoms with Crippen LogP contribution in [-0.4, -0.2) is 0 Å². The van der Waals surface area contributed by atoms with Gasteiger partial charge in [-0.2, -0.15) is 0 Å². The summed E-state index contributed by atoms with van der Waals surface area (Å²) in [5.74, 6) is 0. The Morgan fingerprint density at radius 2 is 1.02 bits per heavy atom. The zero-order valence-corrected chi connectivity index (χ0v) is 34.1. The van der Waals surface area contributed by atoms with Crippen LogP contribution in [0, 0.1) is 0 Å². The van der Waals surface area contributed by atoms with E-state index >= 15 is 0 Å². The quantitative estimate of drug-likeness (QED) is 0.167. The third-order valence-electron chi connectivity index (χ3n) is 12.7. The maximum absolute atomic E-state index is 6.62. The lowest BCUT2D eigenvalue weighted by atomic mass is 9.81. The minimum Gasteiger partial charge on any atom is -0.456 e. The molecule has 60 heavy (non-hydrogen) atoms. The Balaban J connectivity index is 1.05. The molecule has 1 aliphatic rings. The minimum atomic E-state index is -0.239. The molecule has 1 aliphatic carbocycles. The van der Waals surface area contributed by atoms with Gasteiger partial charge in [0.05, 0.1) is 0 Å². The maximum atomic E-state index is 6.62. The highest BCUT2D eigenvalue weighted by Gasteiger charge is 2.39. The Morgan fingerprint density at radius 1 is 0.417 bits per heavy atom. The molecule has 0 unspecified atom stereocenters. The molecule has 2 aromatic heterocycles. The average Bonchev–Trinajstić information content (AvgIpc) is 3.94. The second-order valence-corrected chi connectivity index (χ2v) is 17.5. The lowest BCUT2D eigenvalue weighted by Crippen LogP contribution is -2.15. The summed E-state index contributed by atoms with van der Waals surface area (Å²) in [6, 6.07) is 73.0. The number of thiophene rings is 1. The van der Waals surface area contributed by atoms with Crippen LogP contribution < -0.4 is 4.90 Å². The fraction of sp³-hybridized carbons (Fsp3) is 0.0526. The van der Waals surface area contributed by atoms with Gasteiger partial charge in [0.1, 0.15) is 11.2 Å². The van der Waals surface area contributed by atoms with Crippen molar-refractivity contribution in [2.75, 3.05) is 4.90 Å². The van der Waals surface area contributed by atoms with Gasteiger partial charge < -0.3 is 9.32 Å². The molecule has 0 saturated heterocycles. The molecule has 12 rings (SSSR count). The first-order valence-corrected chi connectivity index (χ1v) is 21.5. The van der Waals surface area contributed by atoms with Gasteiger partial charge in [0.25, 0.3) is 0 Å². The molecule has 0 aliphatic heterocycles. The smallest absolute Gasteiger partial charge is 0.136 e. The van der Waals surface area contributed by atoms with Crippen molar-refractivity contribution >= 4 is 70.5 Å². The molecule has 0 saturated carbocycles. The van der Waals surface area contributed by atoms with E-state index in [-0.39, 0.29) is 5.41 Å². The lowest BCUT2D eigenvalue weighted by molar-refractivity contribution is 0.647. The third kappa shape index (κ3) is 5.33. The van der Waals surface area contributed by atoms with Gasteiger partial charge in [-0.1, -0.05) is 159 Å². The van der Waals surface area contributed by atoms with Gasteiger partial charge in [-0.15, -0.1) is 11.3 Å².